The maximum atomic E-state index is 13.1. The zero-order chi connectivity index (χ0) is 13.7. The van der Waals surface area contributed by atoms with Gasteiger partial charge in [0.05, 0.1) is 0 Å². The highest BCUT2D eigenvalue weighted by molar-refractivity contribution is 5.17. The SMILES string of the molecule is Cc1nc(CCN)nc(CCc2cccc(F)c2)n1. The first-order valence-electron chi connectivity index (χ1n) is 6.32. The van der Waals surface area contributed by atoms with Crippen molar-refractivity contribution in [2.75, 3.05) is 6.54 Å². The van der Waals surface area contributed by atoms with Crippen LogP contribution in [0.4, 0.5) is 4.39 Å². The summed E-state index contributed by atoms with van der Waals surface area (Å²) in [5, 5.41) is 0. The van der Waals surface area contributed by atoms with Gasteiger partial charge in [0.15, 0.2) is 0 Å². The van der Waals surface area contributed by atoms with Crippen molar-refractivity contribution in [3.63, 3.8) is 0 Å². The second kappa shape index (κ2) is 6.33. The highest BCUT2D eigenvalue weighted by atomic mass is 19.1. The van der Waals surface area contributed by atoms with Crippen LogP contribution in [0, 0.1) is 12.7 Å². The van der Waals surface area contributed by atoms with Crippen LogP contribution < -0.4 is 5.73 Å². The molecule has 0 aliphatic rings. The van der Waals surface area contributed by atoms with Gasteiger partial charge in [0, 0.05) is 12.8 Å². The number of benzene rings is 1. The van der Waals surface area contributed by atoms with Crippen molar-refractivity contribution in [1.82, 2.24) is 15.0 Å². The Morgan fingerprint density at radius 2 is 1.79 bits per heavy atom. The number of nitrogens with zero attached hydrogens (tertiary/aromatic N) is 3. The third-order valence-corrected chi connectivity index (χ3v) is 2.73. The van der Waals surface area contributed by atoms with E-state index in [1.165, 1.54) is 12.1 Å². The molecule has 2 rings (SSSR count). The fourth-order valence-corrected chi connectivity index (χ4v) is 1.90. The summed E-state index contributed by atoms with van der Waals surface area (Å²) in [6.07, 6.45) is 2.03. The average molecular weight is 260 g/mol. The first kappa shape index (κ1) is 13.5. The third-order valence-electron chi connectivity index (χ3n) is 2.73. The summed E-state index contributed by atoms with van der Waals surface area (Å²) in [6, 6.07) is 6.59. The Morgan fingerprint density at radius 1 is 1.05 bits per heavy atom. The standard InChI is InChI=1S/C14H17FN4/c1-10-17-13(19-14(18-10)7-8-16)6-5-11-3-2-4-12(15)9-11/h2-4,9H,5-8,16H2,1H3. The van der Waals surface area contributed by atoms with Crippen molar-refractivity contribution in [2.45, 2.75) is 26.2 Å². The van der Waals surface area contributed by atoms with E-state index in [0.29, 0.717) is 31.6 Å². The first-order valence-corrected chi connectivity index (χ1v) is 6.32. The molecule has 0 aliphatic heterocycles. The van der Waals surface area contributed by atoms with Gasteiger partial charge < -0.3 is 5.73 Å². The number of halogens is 1. The molecule has 0 radical (unpaired) electrons. The van der Waals surface area contributed by atoms with Gasteiger partial charge in [-0.3, -0.25) is 0 Å². The van der Waals surface area contributed by atoms with Gasteiger partial charge in [0.1, 0.15) is 23.3 Å². The molecule has 1 aromatic heterocycles. The Labute approximate surface area is 111 Å². The monoisotopic (exact) mass is 260 g/mol. The molecular weight excluding hydrogens is 243 g/mol. The lowest BCUT2D eigenvalue weighted by molar-refractivity contribution is 0.624. The van der Waals surface area contributed by atoms with Gasteiger partial charge in [0.25, 0.3) is 0 Å². The lowest BCUT2D eigenvalue weighted by Crippen LogP contribution is -2.11. The van der Waals surface area contributed by atoms with Gasteiger partial charge in [0.2, 0.25) is 0 Å². The van der Waals surface area contributed by atoms with E-state index in [0.717, 1.165) is 17.2 Å². The first-order chi connectivity index (χ1) is 9.17. The number of hydrogen-bond donors (Lipinski definition) is 1. The molecule has 0 fully saturated rings. The zero-order valence-corrected chi connectivity index (χ0v) is 10.9. The highest BCUT2D eigenvalue weighted by Gasteiger charge is 2.04. The molecule has 0 spiro atoms. The Balaban J connectivity index is 2.06. The molecule has 4 nitrogen and oxygen atoms in total. The molecule has 0 atom stereocenters. The fraction of sp³-hybridized carbons (Fsp3) is 0.357. The van der Waals surface area contributed by atoms with Crippen LogP contribution in [-0.4, -0.2) is 21.5 Å². The Hall–Kier alpha value is -1.88. The molecule has 1 aromatic carbocycles. The van der Waals surface area contributed by atoms with E-state index in [4.69, 9.17) is 5.73 Å². The number of hydrogen-bond acceptors (Lipinski definition) is 4. The van der Waals surface area contributed by atoms with Crippen molar-refractivity contribution >= 4 is 0 Å². The molecule has 5 heteroatoms. The predicted octanol–water partition coefficient (Wildman–Crippen LogP) is 1.61. The molecule has 0 amide bonds. The summed E-state index contributed by atoms with van der Waals surface area (Å²) in [5.74, 6) is 1.95. The van der Waals surface area contributed by atoms with Crippen LogP contribution in [0.2, 0.25) is 0 Å². The van der Waals surface area contributed by atoms with Crippen LogP contribution in [0.3, 0.4) is 0 Å². The second-order valence-electron chi connectivity index (χ2n) is 4.38. The third kappa shape index (κ3) is 4.06. The smallest absolute Gasteiger partial charge is 0.133 e. The van der Waals surface area contributed by atoms with E-state index >= 15 is 0 Å². The molecule has 100 valence electrons. The van der Waals surface area contributed by atoms with Crippen LogP contribution in [0.5, 0.6) is 0 Å². The minimum atomic E-state index is -0.215. The minimum Gasteiger partial charge on any atom is -0.330 e. The number of rotatable bonds is 5. The lowest BCUT2D eigenvalue weighted by Gasteiger charge is -2.05. The van der Waals surface area contributed by atoms with Crippen molar-refractivity contribution in [2.24, 2.45) is 5.73 Å². The number of nitrogens with two attached hydrogens (primary N) is 1. The van der Waals surface area contributed by atoms with E-state index in [9.17, 15) is 4.39 Å². The Bertz CT molecular complexity index is 557. The van der Waals surface area contributed by atoms with E-state index in [1.54, 1.807) is 6.07 Å². The van der Waals surface area contributed by atoms with Crippen LogP contribution in [0.15, 0.2) is 24.3 Å². The summed E-state index contributed by atoms with van der Waals surface area (Å²) in [7, 11) is 0. The summed E-state index contributed by atoms with van der Waals surface area (Å²) >= 11 is 0. The fourth-order valence-electron chi connectivity index (χ4n) is 1.90. The van der Waals surface area contributed by atoms with Gasteiger partial charge in [-0.1, -0.05) is 12.1 Å². The van der Waals surface area contributed by atoms with Crippen molar-refractivity contribution in [1.29, 1.82) is 0 Å². The zero-order valence-electron chi connectivity index (χ0n) is 10.9. The molecular formula is C14H17FN4. The van der Waals surface area contributed by atoms with Crippen LogP contribution in [-0.2, 0) is 19.3 Å². The topological polar surface area (TPSA) is 64.7 Å². The van der Waals surface area contributed by atoms with Gasteiger partial charge in [-0.15, -0.1) is 0 Å². The van der Waals surface area contributed by atoms with Gasteiger partial charge in [-0.25, -0.2) is 19.3 Å². The lowest BCUT2D eigenvalue weighted by atomic mass is 10.1. The molecule has 2 aromatic rings. The maximum Gasteiger partial charge on any atom is 0.133 e. The van der Waals surface area contributed by atoms with E-state index in [2.05, 4.69) is 15.0 Å². The summed E-state index contributed by atoms with van der Waals surface area (Å²) < 4.78 is 13.1. The van der Waals surface area contributed by atoms with Crippen LogP contribution >= 0.6 is 0 Å². The Morgan fingerprint density at radius 3 is 2.47 bits per heavy atom. The molecule has 0 aliphatic carbocycles. The van der Waals surface area contributed by atoms with E-state index < -0.39 is 0 Å². The van der Waals surface area contributed by atoms with Crippen LogP contribution in [0.25, 0.3) is 0 Å². The maximum absolute atomic E-state index is 13.1. The molecule has 0 saturated heterocycles. The van der Waals surface area contributed by atoms with Gasteiger partial charge in [-0.05, 0) is 37.6 Å². The quantitative estimate of drug-likeness (QED) is 0.887. The van der Waals surface area contributed by atoms with Crippen LogP contribution in [0.1, 0.15) is 23.0 Å². The molecule has 0 unspecified atom stereocenters. The molecule has 0 bridgehead atoms. The largest absolute Gasteiger partial charge is 0.330 e. The Kier molecular flexibility index (Phi) is 4.52. The molecule has 0 saturated carbocycles. The predicted molar refractivity (Wildman–Crippen MR) is 71.1 cm³/mol. The number of aromatic nitrogens is 3. The van der Waals surface area contributed by atoms with Crippen molar-refractivity contribution < 1.29 is 4.39 Å². The summed E-state index contributed by atoms with van der Waals surface area (Å²) in [5.41, 5.74) is 6.44. The minimum absolute atomic E-state index is 0.215. The van der Waals surface area contributed by atoms with Gasteiger partial charge >= 0.3 is 0 Å². The average Bonchev–Trinajstić information content (AvgIpc) is 2.36. The molecule has 19 heavy (non-hydrogen) atoms. The van der Waals surface area contributed by atoms with Crippen molar-refractivity contribution in [3.05, 3.63) is 53.1 Å². The van der Waals surface area contributed by atoms with Gasteiger partial charge in [-0.2, -0.15) is 0 Å². The molecule has 1 heterocycles. The normalized spacial score (nSPS) is 10.7. The second-order valence-corrected chi connectivity index (χ2v) is 4.38. The number of aryl methyl sites for hydroxylation is 3. The summed E-state index contributed by atoms with van der Waals surface area (Å²) in [4.78, 5) is 12.9. The van der Waals surface area contributed by atoms with E-state index in [-0.39, 0.29) is 5.82 Å². The highest BCUT2D eigenvalue weighted by Crippen LogP contribution is 2.07. The molecule has 2 N–H and O–H groups in total. The van der Waals surface area contributed by atoms with E-state index in [1.807, 2.05) is 13.0 Å². The van der Waals surface area contributed by atoms with Crippen molar-refractivity contribution in [3.8, 4) is 0 Å². The summed E-state index contributed by atoms with van der Waals surface area (Å²) in [6.45, 7) is 2.36.